The van der Waals surface area contributed by atoms with Gasteiger partial charge in [-0.2, -0.15) is 0 Å². The molecule has 0 radical (unpaired) electrons. The molecule has 0 amide bonds. The third-order valence-corrected chi connectivity index (χ3v) is 3.03. The summed E-state index contributed by atoms with van der Waals surface area (Å²) in [5.41, 5.74) is 0.331. The third-order valence-electron chi connectivity index (χ3n) is 2.51. The van der Waals surface area contributed by atoms with E-state index in [0.717, 1.165) is 0 Å². The van der Waals surface area contributed by atoms with Gasteiger partial charge in [-0.05, 0) is 38.1 Å². The quantitative estimate of drug-likeness (QED) is 0.869. The van der Waals surface area contributed by atoms with Gasteiger partial charge in [0.05, 0.1) is 11.5 Å². The molecule has 0 spiro atoms. The van der Waals surface area contributed by atoms with Crippen LogP contribution in [0.25, 0.3) is 17.0 Å². The van der Waals surface area contributed by atoms with Crippen molar-refractivity contribution in [2.24, 2.45) is 0 Å². The molecule has 5 heteroatoms. The first kappa shape index (κ1) is 14.5. The Kier molecular flexibility index (Phi) is 4.39. The molecule has 0 fully saturated rings. The molecule has 2 rings (SSSR count). The van der Waals surface area contributed by atoms with Crippen molar-refractivity contribution in [1.29, 1.82) is 0 Å². The highest BCUT2D eigenvalue weighted by atomic mass is 32.2. The van der Waals surface area contributed by atoms with E-state index in [0.29, 0.717) is 22.5 Å². The van der Waals surface area contributed by atoms with Crippen LogP contribution in [-0.4, -0.2) is 16.6 Å². The largest absolute Gasteiger partial charge is 0.491 e. The van der Waals surface area contributed by atoms with E-state index in [1.165, 1.54) is 17.6 Å². The number of fused-ring (bicyclic) bond motifs is 1. The third kappa shape index (κ3) is 3.57. The lowest BCUT2D eigenvalue weighted by Gasteiger charge is -2.09. The molecule has 0 aliphatic heterocycles. The molecule has 106 valence electrons. The fourth-order valence-corrected chi connectivity index (χ4v) is 2.07. The molecule has 0 bridgehead atoms. The van der Waals surface area contributed by atoms with Crippen molar-refractivity contribution < 1.29 is 13.4 Å². The lowest BCUT2D eigenvalue weighted by molar-refractivity contribution is 0.242. The van der Waals surface area contributed by atoms with Crippen LogP contribution in [0, 0.1) is 0 Å². The van der Waals surface area contributed by atoms with Crippen LogP contribution >= 0.6 is 0 Å². The second kappa shape index (κ2) is 6.05. The van der Waals surface area contributed by atoms with Gasteiger partial charge >= 0.3 is 0 Å². The first-order valence-corrected chi connectivity index (χ1v) is 7.83. The molecule has 1 unspecified atom stereocenters. The Morgan fingerprint density at radius 2 is 2.05 bits per heavy atom. The van der Waals surface area contributed by atoms with E-state index in [9.17, 15) is 9.00 Å². The summed E-state index contributed by atoms with van der Waals surface area (Å²) in [5.74, 6) is 1.02. The van der Waals surface area contributed by atoms with Gasteiger partial charge in [-0.1, -0.05) is 0 Å². The molecule has 1 heterocycles. The maximum absolute atomic E-state index is 12.1. The second-order valence-electron chi connectivity index (χ2n) is 4.64. The van der Waals surface area contributed by atoms with Gasteiger partial charge in [0.2, 0.25) is 0 Å². The molecule has 1 aromatic heterocycles. The van der Waals surface area contributed by atoms with Crippen LogP contribution in [0.5, 0.6) is 5.75 Å². The first-order chi connectivity index (χ1) is 9.45. The number of hydrogen-bond donors (Lipinski definition) is 0. The SMILES string of the molecule is CC(C)Oc1ccc2oc(/C=C/S(C)=O)cc(=O)c2c1. The molecule has 2 aromatic rings. The highest BCUT2D eigenvalue weighted by Crippen LogP contribution is 2.20. The molecular weight excluding hydrogens is 276 g/mol. The summed E-state index contributed by atoms with van der Waals surface area (Å²) in [7, 11) is -1.08. The van der Waals surface area contributed by atoms with Crippen LogP contribution in [0.1, 0.15) is 19.6 Å². The summed E-state index contributed by atoms with van der Waals surface area (Å²) in [4.78, 5) is 12.1. The minimum Gasteiger partial charge on any atom is -0.491 e. The zero-order chi connectivity index (χ0) is 14.7. The molecule has 0 saturated carbocycles. The average Bonchev–Trinajstić information content (AvgIpc) is 2.36. The standard InChI is InChI=1S/C15H16O4S/c1-10(2)18-11-4-5-15-13(8-11)14(16)9-12(19-15)6-7-20(3)17/h4-10H,1-3H3/b7-6+. The first-order valence-electron chi connectivity index (χ1n) is 6.20. The molecule has 1 atom stereocenters. The maximum atomic E-state index is 12.1. The minimum atomic E-state index is -1.08. The average molecular weight is 292 g/mol. The van der Waals surface area contributed by atoms with Crippen LogP contribution in [0.4, 0.5) is 0 Å². The Bertz CT molecular complexity index is 728. The van der Waals surface area contributed by atoms with Crippen molar-refractivity contribution in [3.05, 3.63) is 45.7 Å². The molecule has 4 nitrogen and oxygen atoms in total. The van der Waals surface area contributed by atoms with Crippen LogP contribution in [-0.2, 0) is 10.8 Å². The Morgan fingerprint density at radius 1 is 1.30 bits per heavy atom. The van der Waals surface area contributed by atoms with E-state index in [-0.39, 0.29) is 11.5 Å². The van der Waals surface area contributed by atoms with E-state index in [1.807, 2.05) is 13.8 Å². The highest BCUT2D eigenvalue weighted by molar-refractivity contribution is 7.87. The number of hydrogen-bond acceptors (Lipinski definition) is 4. The van der Waals surface area contributed by atoms with Gasteiger partial charge in [-0.3, -0.25) is 9.00 Å². The van der Waals surface area contributed by atoms with Crippen LogP contribution in [0.3, 0.4) is 0 Å². The summed E-state index contributed by atoms with van der Waals surface area (Å²) >= 11 is 0. The van der Waals surface area contributed by atoms with Gasteiger partial charge < -0.3 is 9.15 Å². The Labute approximate surface area is 119 Å². The smallest absolute Gasteiger partial charge is 0.193 e. The van der Waals surface area contributed by atoms with E-state index in [4.69, 9.17) is 9.15 Å². The van der Waals surface area contributed by atoms with E-state index in [2.05, 4.69) is 0 Å². The predicted octanol–water partition coefficient (Wildman–Crippen LogP) is 2.93. The fraction of sp³-hybridized carbons (Fsp3) is 0.267. The zero-order valence-corrected chi connectivity index (χ0v) is 12.4. The van der Waals surface area contributed by atoms with Gasteiger partial charge in [0.1, 0.15) is 17.1 Å². The van der Waals surface area contributed by atoms with E-state index < -0.39 is 10.8 Å². The van der Waals surface area contributed by atoms with Crippen LogP contribution in [0.15, 0.2) is 38.9 Å². The normalized spacial score (nSPS) is 13.2. The zero-order valence-electron chi connectivity index (χ0n) is 11.6. The summed E-state index contributed by atoms with van der Waals surface area (Å²) in [5, 5.41) is 1.94. The van der Waals surface area contributed by atoms with Crippen molar-refractivity contribution in [1.82, 2.24) is 0 Å². The van der Waals surface area contributed by atoms with Crippen molar-refractivity contribution in [2.75, 3.05) is 6.26 Å². The fourth-order valence-electron chi connectivity index (χ4n) is 1.74. The van der Waals surface area contributed by atoms with Crippen molar-refractivity contribution in [2.45, 2.75) is 20.0 Å². The molecular formula is C15H16O4S. The molecule has 0 saturated heterocycles. The predicted molar refractivity (Wildman–Crippen MR) is 81.3 cm³/mol. The van der Waals surface area contributed by atoms with Gasteiger partial charge in [0.25, 0.3) is 0 Å². The highest BCUT2D eigenvalue weighted by Gasteiger charge is 2.06. The Balaban J connectivity index is 2.47. The van der Waals surface area contributed by atoms with Crippen LogP contribution < -0.4 is 10.2 Å². The molecule has 1 aromatic carbocycles. The number of benzene rings is 1. The van der Waals surface area contributed by atoms with Gasteiger partial charge in [-0.15, -0.1) is 0 Å². The van der Waals surface area contributed by atoms with Gasteiger partial charge in [0, 0.05) is 28.5 Å². The molecule has 0 N–H and O–H groups in total. The minimum absolute atomic E-state index is 0.0428. The van der Waals surface area contributed by atoms with Crippen molar-refractivity contribution in [3.63, 3.8) is 0 Å². The van der Waals surface area contributed by atoms with Gasteiger partial charge in [-0.25, -0.2) is 0 Å². The molecule has 20 heavy (non-hydrogen) atoms. The molecule has 0 aliphatic rings. The lowest BCUT2D eigenvalue weighted by atomic mass is 10.2. The van der Waals surface area contributed by atoms with E-state index in [1.54, 1.807) is 24.5 Å². The number of rotatable bonds is 4. The Morgan fingerprint density at radius 3 is 2.70 bits per heavy atom. The number of ether oxygens (including phenoxy) is 1. The van der Waals surface area contributed by atoms with Crippen molar-refractivity contribution >= 4 is 27.8 Å². The van der Waals surface area contributed by atoms with Crippen LogP contribution in [0.2, 0.25) is 0 Å². The summed E-state index contributed by atoms with van der Waals surface area (Å²) in [6.45, 7) is 3.84. The second-order valence-corrected chi connectivity index (χ2v) is 5.91. The monoisotopic (exact) mass is 292 g/mol. The van der Waals surface area contributed by atoms with E-state index >= 15 is 0 Å². The summed E-state index contributed by atoms with van der Waals surface area (Å²) < 4.78 is 22.1. The Hall–Kier alpha value is -1.88. The molecule has 0 aliphatic carbocycles. The summed E-state index contributed by atoms with van der Waals surface area (Å²) in [6.07, 6.45) is 3.13. The van der Waals surface area contributed by atoms with Crippen molar-refractivity contribution in [3.8, 4) is 5.75 Å². The lowest BCUT2D eigenvalue weighted by Crippen LogP contribution is -2.06. The summed E-state index contributed by atoms with van der Waals surface area (Å²) in [6, 6.07) is 6.52. The topological polar surface area (TPSA) is 56.5 Å². The maximum Gasteiger partial charge on any atom is 0.193 e. The van der Waals surface area contributed by atoms with Gasteiger partial charge in [0.15, 0.2) is 5.43 Å².